The SMILES string of the molecule is C[Si](C)(C)CCOC(=O)c1ccc(-c2c3nc(c(-c4c(F)c(F)c(F)c(F)c4F)c4ccc([nH]4)c(-c4ccccc4)c4nc(c(-c5c(F)c(F)c(F)c(F)c5F)c5ccc2[nH]5)C=C4)C=C3)cc1.[H-].[H-].[Mg+2]. The van der Waals surface area contributed by atoms with E-state index < -0.39 is 94.5 Å². The number of nitrogens with one attached hydrogen (secondary N) is 2. The van der Waals surface area contributed by atoms with Crippen LogP contribution in [0.4, 0.5) is 43.9 Å². The number of rotatable bonds is 8. The van der Waals surface area contributed by atoms with Crippen molar-refractivity contribution in [1.82, 2.24) is 19.9 Å². The Balaban J connectivity index is 0.00000268. The summed E-state index contributed by atoms with van der Waals surface area (Å²) in [5.74, 6) is -22.8. The van der Waals surface area contributed by atoms with Crippen molar-refractivity contribution in [2.24, 2.45) is 0 Å². The first kappa shape index (κ1) is 47.7. The van der Waals surface area contributed by atoms with Crippen LogP contribution in [0.5, 0.6) is 0 Å². The molecule has 2 aliphatic rings. The van der Waals surface area contributed by atoms with Gasteiger partial charge in [-0.15, -0.1) is 0 Å². The zero-order valence-corrected chi connectivity index (χ0v) is 38.3. The van der Waals surface area contributed by atoms with Gasteiger partial charge in [0.05, 0.1) is 46.1 Å². The summed E-state index contributed by atoms with van der Waals surface area (Å²) in [5, 5.41) is 0. The summed E-state index contributed by atoms with van der Waals surface area (Å²) in [7, 11) is -1.55. The maximum atomic E-state index is 16.0. The van der Waals surface area contributed by atoms with E-state index in [0.717, 1.165) is 0 Å². The summed E-state index contributed by atoms with van der Waals surface area (Å²) >= 11 is 0. The molecular weight excluding hydrogens is 931 g/mol. The fraction of sp³-hybridized carbons (Fsp3) is 0.100. The van der Waals surface area contributed by atoms with Gasteiger partial charge in [-0.25, -0.2) is 58.7 Å². The van der Waals surface area contributed by atoms with Crippen LogP contribution >= 0.6 is 0 Å². The molecule has 0 unspecified atom stereocenters. The number of aromatic nitrogens is 4. The van der Waals surface area contributed by atoms with Crippen molar-refractivity contribution < 1.29 is 56.3 Å². The van der Waals surface area contributed by atoms with Gasteiger partial charge in [0.2, 0.25) is 11.6 Å². The number of ether oxygens (including phenoxy) is 1. The van der Waals surface area contributed by atoms with Gasteiger partial charge in [-0.05, 0) is 77.9 Å². The minimum Gasteiger partial charge on any atom is -1.00 e. The first-order chi connectivity index (χ1) is 31.9. The molecule has 0 saturated carbocycles. The zero-order valence-electron chi connectivity index (χ0n) is 37.9. The van der Waals surface area contributed by atoms with Crippen LogP contribution in [-0.4, -0.2) is 63.6 Å². The minimum atomic E-state index is -2.38. The van der Waals surface area contributed by atoms with Crippen LogP contribution in [0.15, 0.2) is 78.9 Å². The van der Waals surface area contributed by atoms with E-state index in [0.29, 0.717) is 17.2 Å². The van der Waals surface area contributed by atoms with Crippen molar-refractivity contribution in [1.29, 1.82) is 0 Å². The molecule has 0 spiro atoms. The second-order valence-electron chi connectivity index (χ2n) is 16.8. The molecule has 18 heteroatoms. The molecule has 0 saturated heterocycles. The number of hydrogen-bond donors (Lipinski definition) is 2. The normalized spacial score (nSPS) is 12.1. The van der Waals surface area contributed by atoms with Crippen molar-refractivity contribution in [2.75, 3.05) is 6.61 Å². The number of carbonyl (C=O) groups excluding carboxylic acids is 1. The zero-order chi connectivity index (χ0) is 47.6. The van der Waals surface area contributed by atoms with Gasteiger partial charge in [0.1, 0.15) is 0 Å². The molecule has 2 aliphatic heterocycles. The molecule has 0 aliphatic carbocycles. The third-order valence-electron chi connectivity index (χ3n) is 11.2. The predicted octanol–water partition coefficient (Wildman–Crippen LogP) is 14.1. The number of benzene rings is 4. The maximum Gasteiger partial charge on any atom is 2.00 e. The Kier molecular flexibility index (Phi) is 12.9. The van der Waals surface area contributed by atoms with Gasteiger partial charge in [0.15, 0.2) is 46.5 Å². The van der Waals surface area contributed by atoms with Crippen LogP contribution in [0.1, 0.15) is 36.0 Å². The number of H-pyrrole nitrogens is 2. The number of esters is 1. The Bertz CT molecular complexity index is 3350. The molecule has 0 radical (unpaired) electrons. The molecule has 3 aromatic heterocycles. The molecule has 2 N–H and O–H groups in total. The predicted molar refractivity (Wildman–Crippen MR) is 247 cm³/mol. The molecular formula is C50H34F10MgN4O2Si. The van der Waals surface area contributed by atoms with Crippen molar-refractivity contribution in [2.45, 2.75) is 25.7 Å². The average Bonchev–Trinajstić information content (AvgIpc) is 4.17. The fourth-order valence-corrected chi connectivity index (χ4v) is 8.61. The van der Waals surface area contributed by atoms with Crippen LogP contribution in [0.2, 0.25) is 25.7 Å². The Morgan fingerprint density at radius 1 is 0.471 bits per heavy atom. The van der Waals surface area contributed by atoms with Gasteiger partial charge in [-0.3, -0.25) is 0 Å². The molecule has 342 valence electrons. The number of halogens is 10. The van der Waals surface area contributed by atoms with E-state index in [-0.39, 0.29) is 94.0 Å². The third-order valence-corrected chi connectivity index (χ3v) is 12.9. The van der Waals surface area contributed by atoms with E-state index >= 15 is 35.1 Å². The standard InChI is InChI=1S/C50H32F10N4O2Si.Mg.2H/c1-67(2,3)22-21-66-50(65)25-11-9-24(10-12-25)35-28-15-19-32(63-28)36(38-40(51)44(55)48(59)45(56)41(38)52)30-17-13-26(61-30)34(23-7-5-4-6-8-23)27-14-18-31(62-27)37(33-20-16-29(35)64-33)39-42(53)46(57)49(60)47(58)43(39)54;;;/h4-20,61,64H,21-22H2,1-3H3;;;/q;+2;2*-1. The van der Waals surface area contributed by atoms with Gasteiger partial charge in [-0.2, -0.15) is 0 Å². The fourth-order valence-electron chi connectivity index (χ4n) is 7.90. The molecule has 0 fully saturated rings. The van der Waals surface area contributed by atoms with Crippen LogP contribution in [-0.2, 0) is 4.74 Å². The molecule has 7 aromatic rings. The van der Waals surface area contributed by atoms with E-state index in [1.165, 1.54) is 72.8 Å². The average molecular weight is 965 g/mol. The van der Waals surface area contributed by atoms with Crippen LogP contribution in [0, 0.1) is 58.2 Å². The van der Waals surface area contributed by atoms with Crippen LogP contribution in [0.3, 0.4) is 0 Å². The van der Waals surface area contributed by atoms with Gasteiger partial charge in [-0.1, -0.05) is 62.1 Å². The van der Waals surface area contributed by atoms with Crippen molar-refractivity contribution >= 4 is 83.5 Å². The molecule has 4 aromatic carbocycles. The van der Waals surface area contributed by atoms with Gasteiger partial charge < -0.3 is 17.6 Å². The smallest absolute Gasteiger partial charge is 1.00 e. The van der Waals surface area contributed by atoms with Gasteiger partial charge in [0.25, 0.3) is 0 Å². The van der Waals surface area contributed by atoms with Crippen molar-refractivity contribution in [3.05, 3.63) is 165 Å². The molecule has 8 bridgehead atoms. The molecule has 5 heterocycles. The van der Waals surface area contributed by atoms with Gasteiger partial charge >= 0.3 is 29.0 Å². The molecule has 6 nitrogen and oxygen atoms in total. The summed E-state index contributed by atoms with van der Waals surface area (Å²) in [5.41, 5.74) is -3.02. The van der Waals surface area contributed by atoms with Gasteiger partial charge in [0, 0.05) is 52.4 Å². The topological polar surface area (TPSA) is 83.7 Å². The number of nitrogens with zero attached hydrogens (tertiary/aromatic N) is 2. The van der Waals surface area contributed by atoms with E-state index in [4.69, 9.17) is 4.74 Å². The first-order valence-electron chi connectivity index (χ1n) is 20.5. The first-order valence-corrected chi connectivity index (χ1v) is 24.2. The third kappa shape index (κ3) is 8.44. The van der Waals surface area contributed by atoms with Crippen molar-refractivity contribution in [3.8, 4) is 44.5 Å². The summed E-state index contributed by atoms with van der Waals surface area (Å²) in [6, 6.07) is 20.4. The minimum absolute atomic E-state index is 0. The number of fused-ring (bicyclic) bond motifs is 8. The second kappa shape index (κ2) is 18.4. The molecule has 0 amide bonds. The van der Waals surface area contributed by atoms with E-state index in [1.807, 2.05) is 0 Å². The Morgan fingerprint density at radius 3 is 1.19 bits per heavy atom. The van der Waals surface area contributed by atoms with E-state index in [9.17, 15) is 13.6 Å². The number of aromatic amines is 2. The summed E-state index contributed by atoms with van der Waals surface area (Å²) in [6.07, 6.45) is 5.34. The molecule has 68 heavy (non-hydrogen) atoms. The Hall–Kier alpha value is -6.77. The van der Waals surface area contributed by atoms with Crippen LogP contribution in [0.25, 0.3) is 90.9 Å². The summed E-state index contributed by atoms with van der Waals surface area (Å²) in [4.78, 5) is 28.4. The summed E-state index contributed by atoms with van der Waals surface area (Å²) < 4.78 is 159. The second-order valence-corrected chi connectivity index (χ2v) is 22.4. The van der Waals surface area contributed by atoms with E-state index in [2.05, 4.69) is 39.6 Å². The van der Waals surface area contributed by atoms with E-state index in [1.54, 1.807) is 30.3 Å². The molecule has 0 atom stereocenters. The molecule has 9 rings (SSSR count). The summed E-state index contributed by atoms with van der Waals surface area (Å²) in [6.45, 7) is 6.55. The van der Waals surface area contributed by atoms with Crippen LogP contribution < -0.4 is 0 Å². The quantitative estimate of drug-likeness (QED) is 0.0522. The Labute approximate surface area is 400 Å². The number of carbonyl (C=O) groups is 1. The number of hydrogen-bond acceptors (Lipinski definition) is 4. The van der Waals surface area contributed by atoms with Crippen molar-refractivity contribution in [3.63, 3.8) is 0 Å². The monoisotopic (exact) mass is 964 g/mol. The Morgan fingerprint density at radius 2 is 0.809 bits per heavy atom. The maximum absolute atomic E-state index is 16.0. The largest absolute Gasteiger partial charge is 2.00 e.